The number of benzene rings is 1. The molecular formula is C16H23NO. The molecule has 1 aromatic rings. The molecule has 1 aromatic carbocycles. The van der Waals surface area contributed by atoms with Gasteiger partial charge in [0.1, 0.15) is 0 Å². The number of nitrogens with one attached hydrogen (secondary N) is 1. The Kier molecular flexibility index (Phi) is 3.40. The van der Waals surface area contributed by atoms with E-state index in [0.717, 1.165) is 13.0 Å². The van der Waals surface area contributed by atoms with Crippen LogP contribution in [-0.4, -0.2) is 18.2 Å². The second-order valence-corrected chi connectivity index (χ2v) is 5.87. The molecule has 1 spiro atoms. The molecule has 1 saturated carbocycles. The monoisotopic (exact) mass is 245 g/mol. The molecule has 0 bridgehead atoms. The first kappa shape index (κ1) is 12.2. The summed E-state index contributed by atoms with van der Waals surface area (Å²) in [6.07, 6.45) is 6.24. The Morgan fingerprint density at radius 1 is 1.28 bits per heavy atom. The van der Waals surface area contributed by atoms with Gasteiger partial charge in [-0.2, -0.15) is 0 Å². The van der Waals surface area contributed by atoms with Crippen molar-refractivity contribution in [3.05, 3.63) is 35.9 Å². The predicted molar refractivity (Wildman–Crippen MR) is 73.5 cm³/mol. The number of rotatable bonds is 3. The summed E-state index contributed by atoms with van der Waals surface area (Å²) in [7, 11) is 0. The zero-order valence-corrected chi connectivity index (χ0v) is 11.2. The lowest BCUT2D eigenvalue weighted by Crippen LogP contribution is -2.51. The van der Waals surface area contributed by atoms with E-state index < -0.39 is 0 Å². The Balaban J connectivity index is 1.59. The zero-order chi connectivity index (χ0) is 12.4. The fraction of sp³-hybridized carbons (Fsp3) is 0.625. The van der Waals surface area contributed by atoms with Crippen LogP contribution in [0.25, 0.3) is 0 Å². The molecule has 2 aliphatic rings. The van der Waals surface area contributed by atoms with E-state index >= 15 is 0 Å². The molecular weight excluding hydrogens is 222 g/mol. The van der Waals surface area contributed by atoms with Gasteiger partial charge in [-0.25, -0.2) is 0 Å². The molecule has 1 aliphatic carbocycles. The van der Waals surface area contributed by atoms with Gasteiger partial charge in [-0.15, -0.1) is 0 Å². The van der Waals surface area contributed by atoms with Gasteiger partial charge in [0.25, 0.3) is 0 Å². The largest absolute Gasteiger partial charge is 0.375 e. The van der Waals surface area contributed by atoms with Crippen molar-refractivity contribution >= 4 is 0 Å². The molecule has 2 fully saturated rings. The van der Waals surface area contributed by atoms with E-state index in [-0.39, 0.29) is 5.60 Å². The SMILES string of the molecule is C[C@@H](NC1CCOC2(CCC2)C1)c1ccccc1. The molecule has 0 amide bonds. The van der Waals surface area contributed by atoms with E-state index in [1.54, 1.807) is 0 Å². The van der Waals surface area contributed by atoms with E-state index in [1.807, 2.05) is 0 Å². The minimum absolute atomic E-state index is 0.242. The van der Waals surface area contributed by atoms with E-state index in [9.17, 15) is 0 Å². The highest BCUT2D eigenvalue weighted by Gasteiger charge is 2.42. The van der Waals surface area contributed by atoms with E-state index in [2.05, 4.69) is 42.6 Å². The summed E-state index contributed by atoms with van der Waals surface area (Å²) in [6, 6.07) is 11.8. The maximum Gasteiger partial charge on any atom is 0.0697 e. The highest BCUT2D eigenvalue weighted by atomic mass is 16.5. The second kappa shape index (κ2) is 5.02. The van der Waals surface area contributed by atoms with Crippen LogP contribution < -0.4 is 5.32 Å². The molecule has 1 N–H and O–H groups in total. The summed E-state index contributed by atoms with van der Waals surface area (Å²) in [5, 5.41) is 3.78. The van der Waals surface area contributed by atoms with Crippen LogP contribution >= 0.6 is 0 Å². The predicted octanol–water partition coefficient (Wildman–Crippen LogP) is 3.44. The van der Waals surface area contributed by atoms with Gasteiger partial charge >= 0.3 is 0 Å². The van der Waals surface area contributed by atoms with Gasteiger partial charge in [0.2, 0.25) is 0 Å². The normalized spacial score (nSPS) is 27.7. The van der Waals surface area contributed by atoms with Crippen molar-refractivity contribution < 1.29 is 4.74 Å². The van der Waals surface area contributed by atoms with Crippen LogP contribution in [0, 0.1) is 0 Å². The Bertz CT molecular complexity index is 385. The fourth-order valence-electron chi connectivity index (χ4n) is 3.28. The summed E-state index contributed by atoms with van der Waals surface area (Å²) >= 11 is 0. The highest BCUT2D eigenvalue weighted by molar-refractivity contribution is 5.18. The van der Waals surface area contributed by atoms with Crippen molar-refractivity contribution in [2.45, 2.75) is 56.7 Å². The van der Waals surface area contributed by atoms with Gasteiger partial charge in [-0.3, -0.25) is 0 Å². The van der Waals surface area contributed by atoms with Crippen LogP contribution in [0.5, 0.6) is 0 Å². The first-order chi connectivity index (χ1) is 8.77. The van der Waals surface area contributed by atoms with E-state index in [4.69, 9.17) is 4.74 Å². The summed E-state index contributed by atoms with van der Waals surface area (Å²) in [5.74, 6) is 0. The van der Waals surface area contributed by atoms with E-state index in [1.165, 1.54) is 31.2 Å². The summed E-state index contributed by atoms with van der Waals surface area (Å²) < 4.78 is 5.98. The van der Waals surface area contributed by atoms with Gasteiger partial charge in [-0.1, -0.05) is 30.3 Å². The molecule has 1 aliphatic heterocycles. The topological polar surface area (TPSA) is 21.3 Å². The lowest BCUT2D eigenvalue weighted by Gasteiger charge is -2.47. The lowest BCUT2D eigenvalue weighted by atomic mass is 9.74. The first-order valence-electron chi connectivity index (χ1n) is 7.22. The number of hydrogen-bond donors (Lipinski definition) is 1. The Morgan fingerprint density at radius 3 is 2.72 bits per heavy atom. The van der Waals surface area contributed by atoms with Crippen LogP contribution in [0.3, 0.4) is 0 Å². The highest BCUT2D eigenvalue weighted by Crippen LogP contribution is 2.42. The maximum absolute atomic E-state index is 5.98. The second-order valence-electron chi connectivity index (χ2n) is 5.87. The summed E-state index contributed by atoms with van der Waals surface area (Å²) in [6.45, 7) is 3.19. The molecule has 2 atom stereocenters. The number of hydrogen-bond acceptors (Lipinski definition) is 2. The lowest BCUT2D eigenvalue weighted by molar-refractivity contribution is -0.136. The van der Waals surface area contributed by atoms with Gasteiger partial charge in [0.15, 0.2) is 0 Å². The zero-order valence-electron chi connectivity index (χ0n) is 11.2. The van der Waals surface area contributed by atoms with Crippen LogP contribution in [0.15, 0.2) is 30.3 Å². The summed E-state index contributed by atoms with van der Waals surface area (Å²) in [5.41, 5.74) is 1.62. The van der Waals surface area contributed by atoms with E-state index in [0.29, 0.717) is 12.1 Å². The standard InChI is InChI=1S/C16H23NO/c1-13(14-6-3-2-4-7-14)17-15-8-11-18-16(12-15)9-5-10-16/h2-4,6-7,13,15,17H,5,8-12H2,1H3/t13-,15?/m1/s1. The molecule has 18 heavy (non-hydrogen) atoms. The summed E-state index contributed by atoms with van der Waals surface area (Å²) in [4.78, 5) is 0. The molecule has 0 radical (unpaired) electrons. The third-order valence-electron chi connectivity index (χ3n) is 4.54. The average molecular weight is 245 g/mol. The molecule has 2 heteroatoms. The minimum atomic E-state index is 0.242. The number of ether oxygens (including phenoxy) is 1. The van der Waals surface area contributed by atoms with Gasteiger partial charge < -0.3 is 10.1 Å². The van der Waals surface area contributed by atoms with Crippen LogP contribution in [0.1, 0.15) is 50.6 Å². The Morgan fingerprint density at radius 2 is 2.06 bits per heavy atom. The fourth-order valence-corrected chi connectivity index (χ4v) is 3.28. The molecule has 1 heterocycles. The molecule has 2 nitrogen and oxygen atoms in total. The van der Waals surface area contributed by atoms with Crippen molar-refractivity contribution in [2.75, 3.05) is 6.61 Å². The first-order valence-corrected chi connectivity index (χ1v) is 7.22. The average Bonchev–Trinajstić information content (AvgIpc) is 2.38. The molecule has 3 rings (SSSR count). The minimum Gasteiger partial charge on any atom is -0.375 e. The third kappa shape index (κ3) is 2.45. The van der Waals surface area contributed by atoms with Crippen LogP contribution in [0.2, 0.25) is 0 Å². The van der Waals surface area contributed by atoms with Gasteiger partial charge in [0.05, 0.1) is 5.60 Å². The van der Waals surface area contributed by atoms with Crippen molar-refractivity contribution in [3.8, 4) is 0 Å². The van der Waals surface area contributed by atoms with Crippen LogP contribution in [-0.2, 0) is 4.74 Å². The van der Waals surface area contributed by atoms with Crippen molar-refractivity contribution in [3.63, 3.8) is 0 Å². The third-order valence-corrected chi connectivity index (χ3v) is 4.54. The van der Waals surface area contributed by atoms with Crippen molar-refractivity contribution in [1.82, 2.24) is 5.32 Å². The maximum atomic E-state index is 5.98. The molecule has 98 valence electrons. The van der Waals surface area contributed by atoms with Crippen molar-refractivity contribution in [2.24, 2.45) is 0 Å². The molecule has 0 aromatic heterocycles. The Labute approximate surface area is 110 Å². The van der Waals surface area contributed by atoms with Crippen molar-refractivity contribution in [1.29, 1.82) is 0 Å². The van der Waals surface area contributed by atoms with Gasteiger partial charge in [0, 0.05) is 18.7 Å². The molecule has 1 unspecified atom stereocenters. The van der Waals surface area contributed by atoms with Gasteiger partial charge in [-0.05, 0) is 44.6 Å². The Hall–Kier alpha value is -0.860. The smallest absolute Gasteiger partial charge is 0.0697 e. The quantitative estimate of drug-likeness (QED) is 0.880. The molecule has 1 saturated heterocycles. The van der Waals surface area contributed by atoms with Crippen LogP contribution in [0.4, 0.5) is 0 Å².